The second kappa shape index (κ2) is 17.2. The van der Waals surface area contributed by atoms with Gasteiger partial charge in [-0.15, -0.1) is 0 Å². The fourth-order valence-electron chi connectivity index (χ4n) is 14.8. The van der Waals surface area contributed by atoms with Crippen LogP contribution >= 0.6 is 0 Å². The summed E-state index contributed by atoms with van der Waals surface area (Å²) in [4.78, 5) is 13.2. The molecule has 3 aliphatic heterocycles. The molecule has 0 aromatic carbocycles. The van der Waals surface area contributed by atoms with Gasteiger partial charge in [0.15, 0.2) is 18.9 Å². The molecule has 3 heterocycles. The van der Waals surface area contributed by atoms with Gasteiger partial charge in [-0.25, -0.2) is 0 Å². The number of carboxylic acid groups (broad SMARTS) is 1. The molecule has 8 rings (SSSR count). The molecule has 17 nitrogen and oxygen atoms in total. The highest BCUT2D eigenvalue weighted by molar-refractivity contribution is 5.76. The summed E-state index contributed by atoms with van der Waals surface area (Å²) in [5.41, 5.74) is -0.142. The molecule has 0 aromatic heterocycles. The van der Waals surface area contributed by atoms with Crippen LogP contribution in [0.2, 0.25) is 0 Å². The maximum Gasteiger partial charge on any atom is 0.310 e. The molecule has 0 spiro atoms. The zero-order valence-corrected chi connectivity index (χ0v) is 38.5. The van der Waals surface area contributed by atoms with E-state index < -0.39 is 122 Å². The summed E-state index contributed by atoms with van der Waals surface area (Å²) >= 11 is 0. The average Bonchev–Trinajstić information content (AvgIpc) is 3.23. The lowest BCUT2D eigenvalue weighted by Crippen LogP contribution is -2.67. The molecule has 22 unspecified atom stereocenters. The maximum absolute atomic E-state index is 13.2. The van der Waals surface area contributed by atoms with Gasteiger partial charge in [0.2, 0.25) is 0 Å². The molecule has 5 aliphatic carbocycles. The molecule has 0 radical (unpaired) electrons. The second-order valence-electron chi connectivity index (χ2n) is 23.1. The Bertz CT molecular complexity index is 1740. The van der Waals surface area contributed by atoms with Gasteiger partial charge in [-0.2, -0.15) is 0 Å². The third-order valence-electron chi connectivity index (χ3n) is 19.0. The van der Waals surface area contributed by atoms with Crippen molar-refractivity contribution in [2.24, 2.45) is 50.2 Å². The van der Waals surface area contributed by atoms with Crippen LogP contribution < -0.4 is 0 Å². The average molecular weight is 913 g/mol. The van der Waals surface area contributed by atoms with Crippen LogP contribution in [0.15, 0.2) is 11.6 Å². The number of allylic oxidation sites excluding steroid dienone is 2. The molecule has 3 saturated heterocycles. The predicted molar refractivity (Wildman–Crippen MR) is 225 cm³/mol. The summed E-state index contributed by atoms with van der Waals surface area (Å²) in [6, 6.07) is 0. The van der Waals surface area contributed by atoms with E-state index in [1.54, 1.807) is 0 Å². The summed E-state index contributed by atoms with van der Waals surface area (Å²) in [5, 5.41) is 106. The molecular formula is C47H76O17. The lowest BCUT2D eigenvalue weighted by Gasteiger charge is -2.71. The van der Waals surface area contributed by atoms with Gasteiger partial charge in [-0.05, 0) is 109 Å². The van der Waals surface area contributed by atoms with Crippen LogP contribution in [-0.2, 0) is 33.2 Å². The van der Waals surface area contributed by atoms with Gasteiger partial charge in [0, 0.05) is 0 Å². The topological polar surface area (TPSA) is 275 Å². The molecule has 7 fully saturated rings. The minimum absolute atomic E-state index is 0.00728. The lowest BCUT2D eigenvalue weighted by atomic mass is 9.33. The largest absolute Gasteiger partial charge is 0.481 e. The van der Waals surface area contributed by atoms with Crippen molar-refractivity contribution < 1.29 is 84.3 Å². The highest BCUT2D eigenvalue weighted by atomic mass is 16.8. The molecule has 0 bridgehead atoms. The van der Waals surface area contributed by atoms with Gasteiger partial charge in [-0.3, -0.25) is 4.79 Å². The van der Waals surface area contributed by atoms with Crippen LogP contribution in [0.3, 0.4) is 0 Å². The monoisotopic (exact) mass is 913 g/mol. The fraction of sp³-hybridized carbons (Fsp3) is 0.936. The van der Waals surface area contributed by atoms with Crippen molar-refractivity contribution in [1.82, 2.24) is 0 Å². The number of hydrogen-bond acceptors (Lipinski definition) is 16. The Hall–Kier alpha value is -1.39. The van der Waals surface area contributed by atoms with E-state index in [0.29, 0.717) is 25.2 Å². The number of fused-ring (bicyclic) bond motifs is 7. The molecule has 4 saturated carbocycles. The van der Waals surface area contributed by atoms with Crippen LogP contribution in [-0.4, -0.2) is 169 Å². The van der Waals surface area contributed by atoms with Crippen LogP contribution in [0.5, 0.6) is 0 Å². The number of aliphatic hydroxyl groups excluding tert-OH is 9. The van der Waals surface area contributed by atoms with Crippen molar-refractivity contribution in [2.45, 2.75) is 205 Å². The van der Waals surface area contributed by atoms with Crippen LogP contribution in [0, 0.1) is 50.2 Å². The summed E-state index contributed by atoms with van der Waals surface area (Å²) in [7, 11) is 0. The predicted octanol–water partition coefficient (Wildman–Crippen LogP) is 1.35. The van der Waals surface area contributed by atoms with Gasteiger partial charge >= 0.3 is 5.97 Å². The highest BCUT2D eigenvalue weighted by Gasteiger charge is 2.70. The van der Waals surface area contributed by atoms with Gasteiger partial charge in [0.25, 0.3) is 0 Å². The molecule has 10 N–H and O–H groups in total. The number of aliphatic hydroxyl groups is 9. The van der Waals surface area contributed by atoms with E-state index in [1.807, 2.05) is 0 Å². The summed E-state index contributed by atoms with van der Waals surface area (Å²) < 4.78 is 36.1. The number of hydrogen-bond donors (Lipinski definition) is 10. The zero-order chi connectivity index (χ0) is 46.7. The van der Waals surface area contributed by atoms with Crippen molar-refractivity contribution in [2.75, 3.05) is 19.8 Å². The molecule has 0 aromatic rings. The number of ether oxygens (including phenoxy) is 6. The number of carbonyl (C=O) groups is 1. The first-order valence-corrected chi connectivity index (χ1v) is 23.7. The van der Waals surface area contributed by atoms with E-state index in [9.17, 15) is 55.9 Å². The normalized spacial score (nSPS) is 53.5. The van der Waals surface area contributed by atoms with E-state index >= 15 is 0 Å². The quantitative estimate of drug-likeness (QED) is 0.116. The first-order valence-electron chi connectivity index (χ1n) is 23.7. The number of carboxylic acids is 1. The van der Waals surface area contributed by atoms with E-state index in [-0.39, 0.29) is 40.1 Å². The lowest BCUT2D eigenvalue weighted by molar-refractivity contribution is -0.381. The molecule has 22 atom stereocenters. The number of aliphatic carboxylic acids is 1. The van der Waals surface area contributed by atoms with Gasteiger partial charge < -0.3 is 79.5 Å². The highest BCUT2D eigenvalue weighted by Crippen LogP contribution is 2.76. The Kier molecular flexibility index (Phi) is 13.2. The SMILES string of the molecule is CC1(C)CCC2(C(=O)O)CCC3(C)C(=CCC4C5(C)CCC(OC6OC(COC7OCC(O)C(O)C7O)C(O)C(O)C6OC6OC(CO)C(O)C(O)C6O)C(C)(C)C5CCC43C)C2C1. The van der Waals surface area contributed by atoms with Crippen molar-refractivity contribution >= 4 is 5.97 Å². The third-order valence-corrected chi connectivity index (χ3v) is 19.0. The first kappa shape index (κ1) is 49.0. The molecule has 17 heteroatoms. The fourth-order valence-corrected chi connectivity index (χ4v) is 14.8. The Morgan fingerprint density at radius 2 is 1.36 bits per heavy atom. The standard InChI is InChI=1S/C47H76O17/c1-42(2)14-16-47(41(57)58)17-15-45(6)22(23(47)18-42)8-9-28-44(5)12-11-29(43(3,4)27(44)10-13-46(28,45)7)63-40-37(64-39-36(56)33(53)31(51)25(19-48)61-39)34(54)32(52)26(62-40)21-60-38-35(55)30(50)24(49)20-59-38/h8,23-40,48-56H,9-21H2,1-7H3,(H,57,58). The number of rotatable bonds is 9. The van der Waals surface area contributed by atoms with E-state index in [2.05, 4.69) is 54.5 Å². The first-order chi connectivity index (χ1) is 29.9. The molecule has 64 heavy (non-hydrogen) atoms. The molecule has 8 aliphatic rings. The molecule has 0 amide bonds. The van der Waals surface area contributed by atoms with Crippen LogP contribution in [0.25, 0.3) is 0 Å². The molecular weight excluding hydrogens is 836 g/mol. The van der Waals surface area contributed by atoms with Crippen molar-refractivity contribution in [3.05, 3.63) is 11.6 Å². The maximum atomic E-state index is 13.2. The van der Waals surface area contributed by atoms with E-state index in [0.717, 1.165) is 44.9 Å². The zero-order valence-electron chi connectivity index (χ0n) is 38.5. The summed E-state index contributed by atoms with van der Waals surface area (Å²) in [6.07, 6.45) is -11.8. The summed E-state index contributed by atoms with van der Waals surface area (Å²) in [5.74, 6) is -0.168. The van der Waals surface area contributed by atoms with Crippen molar-refractivity contribution in [3.63, 3.8) is 0 Å². The minimum atomic E-state index is -1.82. The third kappa shape index (κ3) is 7.67. The minimum Gasteiger partial charge on any atom is -0.481 e. The van der Waals surface area contributed by atoms with Crippen molar-refractivity contribution in [3.8, 4) is 0 Å². The van der Waals surface area contributed by atoms with Gasteiger partial charge in [0.1, 0.15) is 67.1 Å². The summed E-state index contributed by atoms with van der Waals surface area (Å²) in [6.45, 7) is 14.7. The Balaban J connectivity index is 1.05. The Labute approximate surface area is 376 Å². The van der Waals surface area contributed by atoms with Gasteiger partial charge in [0.05, 0.1) is 31.3 Å². The van der Waals surface area contributed by atoms with Crippen molar-refractivity contribution in [1.29, 1.82) is 0 Å². The molecule has 366 valence electrons. The second-order valence-corrected chi connectivity index (χ2v) is 23.1. The van der Waals surface area contributed by atoms with E-state index in [1.165, 1.54) is 5.57 Å². The van der Waals surface area contributed by atoms with Gasteiger partial charge in [-0.1, -0.05) is 60.1 Å². The Morgan fingerprint density at radius 3 is 2.05 bits per heavy atom. The van der Waals surface area contributed by atoms with E-state index in [4.69, 9.17) is 28.4 Å². The van der Waals surface area contributed by atoms with Crippen LogP contribution in [0.4, 0.5) is 0 Å². The van der Waals surface area contributed by atoms with Crippen LogP contribution in [0.1, 0.15) is 113 Å². The Morgan fingerprint density at radius 1 is 0.703 bits per heavy atom. The smallest absolute Gasteiger partial charge is 0.310 e.